The fourth-order valence-corrected chi connectivity index (χ4v) is 1.31. The van der Waals surface area contributed by atoms with E-state index in [-0.39, 0.29) is 17.6 Å². The molecule has 0 aliphatic heterocycles. The Labute approximate surface area is 98.1 Å². The van der Waals surface area contributed by atoms with Gasteiger partial charge in [-0.3, -0.25) is 10.6 Å². The summed E-state index contributed by atoms with van der Waals surface area (Å²) in [5, 5.41) is 0. The fraction of sp³-hybridized carbons (Fsp3) is 0.0833. The highest BCUT2D eigenvalue weighted by molar-refractivity contribution is 5.90. The molecule has 0 atom stereocenters. The molecule has 0 radical (unpaired) electrons. The summed E-state index contributed by atoms with van der Waals surface area (Å²) in [4.78, 5) is 11.2. The van der Waals surface area contributed by atoms with Crippen LogP contribution in [-0.4, -0.2) is 5.91 Å². The molecule has 1 amide bonds. The van der Waals surface area contributed by atoms with E-state index in [9.17, 15) is 4.79 Å². The van der Waals surface area contributed by atoms with Crippen molar-refractivity contribution in [3.8, 4) is 11.7 Å². The standard InChI is InChI=1S/C12H12N2O3/c1-8-2-4-9(5-3-8)16-11-7-6-10(17-11)12(15)14-13/h2-7H,13H2,1H3,(H,14,15)/p+1. The summed E-state index contributed by atoms with van der Waals surface area (Å²) in [6.45, 7) is 1.99. The van der Waals surface area contributed by atoms with Crippen molar-refractivity contribution in [2.75, 3.05) is 0 Å². The molecule has 0 unspecified atom stereocenters. The van der Waals surface area contributed by atoms with Crippen LogP contribution in [0.4, 0.5) is 0 Å². The summed E-state index contributed by atoms with van der Waals surface area (Å²) >= 11 is 0. The molecule has 1 aromatic carbocycles. The van der Waals surface area contributed by atoms with Gasteiger partial charge in [-0.05, 0) is 25.1 Å². The molecule has 0 spiro atoms. The van der Waals surface area contributed by atoms with E-state index in [1.165, 1.54) is 6.07 Å². The van der Waals surface area contributed by atoms with Crippen LogP contribution in [0, 0.1) is 6.92 Å². The molecule has 5 heteroatoms. The molecule has 2 rings (SSSR count). The molecule has 4 N–H and O–H groups in total. The third kappa shape index (κ3) is 2.64. The number of hydrogen-bond donors (Lipinski definition) is 2. The third-order valence-electron chi connectivity index (χ3n) is 2.21. The Kier molecular flexibility index (Phi) is 3.11. The molecule has 0 fully saturated rings. The van der Waals surface area contributed by atoms with Crippen LogP contribution >= 0.6 is 0 Å². The van der Waals surface area contributed by atoms with Crippen molar-refractivity contribution in [3.63, 3.8) is 0 Å². The van der Waals surface area contributed by atoms with Gasteiger partial charge in [0.05, 0.1) is 0 Å². The Morgan fingerprint density at radius 3 is 2.59 bits per heavy atom. The summed E-state index contributed by atoms with van der Waals surface area (Å²) in [6, 6.07) is 10.6. The Hall–Kier alpha value is -2.27. The average molecular weight is 233 g/mol. The van der Waals surface area contributed by atoms with E-state index >= 15 is 0 Å². The van der Waals surface area contributed by atoms with E-state index in [1.54, 1.807) is 6.07 Å². The molecular weight excluding hydrogens is 220 g/mol. The molecule has 1 heterocycles. The fourth-order valence-electron chi connectivity index (χ4n) is 1.31. The monoisotopic (exact) mass is 233 g/mol. The summed E-state index contributed by atoms with van der Waals surface area (Å²) in [5.74, 6) is 3.98. The summed E-state index contributed by atoms with van der Waals surface area (Å²) < 4.78 is 10.6. The van der Waals surface area contributed by atoms with Crippen LogP contribution in [0.25, 0.3) is 0 Å². The summed E-state index contributed by atoms with van der Waals surface area (Å²) in [7, 11) is 0. The van der Waals surface area contributed by atoms with Crippen LogP contribution in [0.1, 0.15) is 16.1 Å². The van der Waals surface area contributed by atoms with E-state index in [0.717, 1.165) is 5.56 Å². The number of nitrogens with one attached hydrogen (secondary N) is 1. The zero-order valence-electron chi connectivity index (χ0n) is 9.40. The van der Waals surface area contributed by atoms with Gasteiger partial charge in [0.15, 0.2) is 0 Å². The van der Waals surface area contributed by atoms with Crippen LogP contribution < -0.4 is 16.0 Å². The first kappa shape index (κ1) is 11.2. The normalized spacial score (nSPS) is 10.0. The predicted octanol–water partition coefficient (Wildman–Crippen LogP) is 1.27. The molecule has 5 nitrogen and oxygen atoms in total. The van der Waals surface area contributed by atoms with Gasteiger partial charge in [0.2, 0.25) is 5.76 Å². The maximum absolute atomic E-state index is 11.2. The van der Waals surface area contributed by atoms with Gasteiger partial charge in [-0.2, -0.15) is 5.43 Å². The molecule has 0 bridgehead atoms. The van der Waals surface area contributed by atoms with Crippen LogP contribution in [0.5, 0.6) is 11.7 Å². The van der Waals surface area contributed by atoms with Gasteiger partial charge in [0, 0.05) is 6.07 Å². The van der Waals surface area contributed by atoms with Crippen molar-refractivity contribution in [2.24, 2.45) is 0 Å². The van der Waals surface area contributed by atoms with Gasteiger partial charge in [-0.25, -0.2) is 0 Å². The number of furan rings is 1. The minimum atomic E-state index is -0.385. The number of amides is 1. The zero-order chi connectivity index (χ0) is 12.3. The highest BCUT2D eigenvalue weighted by Crippen LogP contribution is 2.23. The number of carbonyl (C=O) groups excluding carboxylic acids is 1. The SMILES string of the molecule is Cc1ccc(Oc2ccc(C(=O)N[NH3+])o2)cc1. The molecule has 2 aromatic rings. The van der Waals surface area contributed by atoms with Gasteiger partial charge < -0.3 is 9.15 Å². The topological polar surface area (TPSA) is 79.1 Å². The molecule has 0 aliphatic rings. The van der Waals surface area contributed by atoms with Crippen LogP contribution in [0.2, 0.25) is 0 Å². The molecule has 0 saturated heterocycles. The Bertz CT molecular complexity index is 517. The van der Waals surface area contributed by atoms with E-state index < -0.39 is 0 Å². The van der Waals surface area contributed by atoms with E-state index in [2.05, 4.69) is 11.3 Å². The number of aryl methyl sites for hydroxylation is 1. The van der Waals surface area contributed by atoms with Crippen molar-refractivity contribution >= 4 is 5.91 Å². The summed E-state index contributed by atoms with van der Waals surface area (Å²) in [5.41, 5.74) is 3.37. The Morgan fingerprint density at radius 2 is 1.94 bits per heavy atom. The number of benzene rings is 1. The van der Waals surface area contributed by atoms with Gasteiger partial charge in [-0.15, -0.1) is 0 Å². The van der Waals surface area contributed by atoms with Crippen LogP contribution in [0.15, 0.2) is 40.8 Å². The molecule has 1 aromatic heterocycles. The van der Waals surface area contributed by atoms with Crippen LogP contribution in [0.3, 0.4) is 0 Å². The largest absolute Gasteiger partial charge is 0.426 e. The van der Waals surface area contributed by atoms with E-state index in [1.807, 2.05) is 31.2 Å². The number of quaternary nitrogens is 1. The lowest BCUT2D eigenvalue weighted by Gasteiger charge is -2.01. The first-order valence-corrected chi connectivity index (χ1v) is 5.11. The molecular formula is C12H13N2O3+. The van der Waals surface area contributed by atoms with E-state index in [4.69, 9.17) is 9.15 Å². The minimum Gasteiger partial charge on any atom is -0.426 e. The average Bonchev–Trinajstić information content (AvgIpc) is 2.80. The Morgan fingerprint density at radius 1 is 1.24 bits per heavy atom. The predicted molar refractivity (Wildman–Crippen MR) is 60.3 cm³/mol. The minimum absolute atomic E-state index is 0.169. The van der Waals surface area contributed by atoms with E-state index in [0.29, 0.717) is 5.75 Å². The van der Waals surface area contributed by atoms with Crippen molar-refractivity contribution in [2.45, 2.75) is 6.92 Å². The first-order chi connectivity index (χ1) is 8.19. The maximum Gasteiger partial charge on any atom is 0.331 e. The third-order valence-corrected chi connectivity index (χ3v) is 2.21. The molecule has 17 heavy (non-hydrogen) atoms. The maximum atomic E-state index is 11.2. The van der Waals surface area contributed by atoms with Crippen molar-refractivity contribution in [1.29, 1.82) is 0 Å². The van der Waals surface area contributed by atoms with Gasteiger partial charge in [0.1, 0.15) is 5.75 Å². The first-order valence-electron chi connectivity index (χ1n) is 5.11. The number of carbonyl (C=O) groups is 1. The second-order valence-electron chi connectivity index (χ2n) is 3.54. The lowest BCUT2D eigenvalue weighted by Crippen LogP contribution is -2.67. The summed E-state index contributed by atoms with van der Waals surface area (Å²) in [6.07, 6.45) is 0. The van der Waals surface area contributed by atoms with Crippen molar-refractivity contribution in [1.82, 2.24) is 5.43 Å². The van der Waals surface area contributed by atoms with Crippen molar-refractivity contribution in [3.05, 3.63) is 47.7 Å². The second kappa shape index (κ2) is 4.71. The van der Waals surface area contributed by atoms with Gasteiger partial charge >= 0.3 is 5.91 Å². The highest BCUT2D eigenvalue weighted by Gasteiger charge is 2.11. The smallest absolute Gasteiger partial charge is 0.331 e. The molecule has 0 aliphatic carbocycles. The Balaban J connectivity index is 2.11. The lowest BCUT2D eigenvalue weighted by atomic mass is 10.2. The number of hydrogen-bond acceptors (Lipinski definition) is 3. The number of rotatable bonds is 3. The van der Waals surface area contributed by atoms with Gasteiger partial charge in [0.25, 0.3) is 5.95 Å². The molecule has 88 valence electrons. The quantitative estimate of drug-likeness (QED) is 0.783. The lowest BCUT2D eigenvalue weighted by molar-refractivity contribution is -0.423. The zero-order valence-corrected chi connectivity index (χ0v) is 9.40. The van der Waals surface area contributed by atoms with Crippen LogP contribution in [-0.2, 0) is 0 Å². The highest BCUT2D eigenvalue weighted by atomic mass is 16.6. The number of ether oxygens (including phenoxy) is 1. The van der Waals surface area contributed by atoms with Gasteiger partial charge in [-0.1, -0.05) is 17.7 Å². The second-order valence-corrected chi connectivity index (χ2v) is 3.54. The molecule has 0 saturated carbocycles. The van der Waals surface area contributed by atoms with Crippen molar-refractivity contribution < 1.29 is 19.8 Å².